The Morgan fingerprint density at radius 2 is 1.81 bits per heavy atom. The van der Waals surface area contributed by atoms with E-state index in [4.69, 9.17) is 4.74 Å². The van der Waals surface area contributed by atoms with E-state index in [1.807, 2.05) is 30.3 Å². The highest BCUT2D eigenvalue weighted by Gasteiger charge is 2.33. The lowest BCUT2D eigenvalue weighted by Crippen LogP contribution is -2.51. The minimum Gasteiger partial charge on any atom is -0.492 e. The number of likely N-dealkylation sites (tertiary alicyclic amines) is 2. The molecule has 0 bridgehead atoms. The van der Waals surface area contributed by atoms with Crippen LogP contribution in [0.25, 0.3) is 0 Å². The first-order valence-corrected chi connectivity index (χ1v) is 10.7. The summed E-state index contributed by atoms with van der Waals surface area (Å²) < 4.78 is 5.83. The number of para-hydroxylation sites is 1. The van der Waals surface area contributed by atoms with E-state index >= 15 is 0 Å². The van der Waals surface area contributed by atoms with Gasteiger partial charge in [0.05, 0.1) is 5.92 Å². The molecule has 1 amide bonds. The van der Waals surface area contributed by atoms with E-state index in [9.17, 15) is 4.79 Å². The van der Waals surface area contributed by atoms with Gasteiger partial charge in [-0.3, -0.25) is 14.6 Å². The van der Waals surface area contributed by atoms with Gasteiger partial charge in [0.2, 0.25) is 5.91 Å². The highest BCUT2D eigenvalue weighted by atomic mass is 16.5. The van der Waals surface area contributed by atoms with Gasteiger partial charge < -0.3 is 10.1 Å². The summed E-state index contributed by atoms with van der Waals surface area (Å²) in [6.45, 7) is 6.14. The van der Waals surface area contributed by atoms with Crippen molar-refractivity contribution in [2.45, 2.75) is 50.6 Å². The molecule has 1 atom stereocenters. The zero-order chi connectivity index (χ0) is 18.5. The highest BCUT2D eigenvalue weighted by molar-refractivity contribution is 5.79. The highest BCUT2D eigenvalue weighted by Crippen LogP contribution is 2.26. The molecule has 1 aliphatic carbocycles. The average Bonchev–Trinajstić information content (AvgIpc) is 3.53. The standard InChI is InChI=1S/C22H33N3O2/c26-22(23-19-8-9-19)18-5-4-12-25(17-18)20-10-13-24(14-11-20)15-16-27-21-6-2-1-3-7-21/h1-3,6-7,18-20H,4-5,8-17H2,(H,23,26)/t18-/m0/s1. The normalized spacial score (nSPS) is 25.3. The number of carbonyl (C=O) groups is 1. The Balaban J connectivity index is 1.16. The van der Waals surface area contributed by atoms with Crippen LogP contribution in [0.5, 0.6) is 5.75 Å². The van der Waals surface area contributed by atoms with Gasteiger partial charge in [-0.2, -0.15) is 0 Å². The Morgan fingerprint density at radius 3 is 2.56 bits per heavy atom. The molecular formula is C22H33N3O2. The number of rotatable bonds is 7. The summed E-state index contributed by atoms with van der Waals surface area (Å²) in [6.07, 6.45) is 6.99. The molecule has 1 aromatic carbocycles. The van der Waals surface area contributed by atoms with Crippen LogP contribution in [-0.4, -0.2) is 67.1 Å². The van der Waals surface area contributed by atoms with Crippen molar-refractivity contribution in [3.63, 3.8) is 0 Å². The summed E-state index contributed by atoms with van der Waals surface area (Å²) in [7, 11) is 0. The smallest absolute Gasteiger partial charge is 0.224 e. The molecular weight excluding hydrogens is 338 g/mol. The van der Waals surface area contributed by atoms with Crippen molar-refractivity contribution in [3.05, 3.63) is 30.3 Å². The van der Waals surface area contributed by atoms with Gasteiger partial charge in [0.1, 0.15) is 12.4 Å². The summed E-state index contributed by atoms with van der Waals surface area (Å²) in [5.74, 6) is 1.46. The Labute approximate surface area is 163 Å². The van der Waals surface area contributed by atoms with Crippen molar-refractivity contribution in [2.24, 2.45) is 5.92 Å². The molecule has 1 aromatic rings. The van der Waals surface area contributed by atoms with Gasteiger partial charge in [-0.15, -0.1) is 0 Å². The second-order valence-corrected chi connectivity index (χ2v) is 8.35. The third-order valence-corrected chi connectivity index (χ3v) is 6.24. The van der Waals surface area contributed by atoms with Crippen LogP contribution in [0.2, 0.25) is 0 Å². The quantitative estimate of drug-likeness (QED) is 0.800. The Morgan fingerprint density at radius 1 is 1.04 bits per heavy atom. The van der Waals surface area contributed by atoms with Gasteiger partial charge in [-0.1, -0.05) is 18.2 Å². The van der Waals surface area contributed by atoms with Crippen LogP contribution in [0.15, 0.2) is 30.3 Å². The van der Waals surface area contributed by atoms with E-state index in [0.717, 1.165) is 57.9 Å². The van der Waals surface area contributed by atoms with E-state index in [1.54, 1.807) is 0 Å². The number of amides is 1. The third-order valence-electron chi connectivity index (χ3n) is 6.24. The first kappa shape index (κ1) is 18.8. The van der Waals surface area contributed by atoms with Crippen LogP contribution >= 0.6 is 0 Å². The van der Waals surface area contributed by atoms with Gasteiger partial charge in [0, 0.05) is 25.2 Å². The molecule has 2 saturated heterocycles. The summed E-state index contributed by atoms with van der Waals surface area (Å²) in [6, 6.07) is 11.2. The van der Waals surface area contributed by atoms with E-state index in [-0.39, 0.29) is 5.92 Å². The maximum absolute atomic E-state index is 12.4. The minimum atomic E-state index is 0.205. The second kappa shape index (κ2) is 9.07. The fraction of sp³-hybridized carbons (Fsp3) is 0.682. The lowest BCUT2D eigenvalue weighted by atomic mass is 9.93. The second-order valence-electron chi connectivity index (χ2n) is 8.35. The number of carbonyl (C=O) groups excluding carboxylic acids is 1. The van der Waals surface area contributed by atoms with Crippen LogP contribution in [0.4, 0.5) is 0 Å². The van der Waals surface area contributed by atoms with Crippen LogP contribution in [0, 0.1) is 5.92 Å². The lowest BCUT2D eigenvalue weighted by Gasteiger charge is -2.42. The van der Waals surface area contributed by atoms with Crippen molar-refractivity contribution in [2.75, 3.05) is 39.3 Å². The van der Waals surface area contributed by atoms with Gasteiger partial charge >= 0.3 is 0 Å². The van der Waals surface area contributed by atoms with E-state index in [0.29, 0.717) is 18.0 Å². The first-order valence-electron chi connectivity index (χ1n) is 10.7. The van der Waals surface area contributed by atoms with Gasteiger partial charge in [0.25, 0.3) is 0 Å². The molecule has 3 aliphatic rings. The number of nitrogens with one attached hydrogen (secondary N) is 1. The fourth-order valence-electron chi connectivity index (χ4n) is 4.42. The predicted molar refractivity (Wildman–Crippen MR) is 107 cm³/mol. The van der Waals surface area contributed by atoms with Crippen LogP contribution < -0.4 is 10.1 Å². The molecule has 1 N–H and O–H groups in total. The maximum atomic E-state index is 12.4. The van der Waals surface area contributed by atoms with E-state index < -0.39 is 0 Å². The molecule has 5 nitrogen and oxygen atoms in total. The maximum Gasteiger partial charge on any atom is 0.224 e. The SMILES string of the molecule is O=C(NC1CC1)[C@H]1CCCN(C2CCN(CCOc3ccccc3)CC2)C1. The molecule has 3 fully saturated rings. The van der Waals surface area contributed by atoms with Crippen LogP contribution in [0.1, 0.15) is 38.5 Å². The molecule has 2 aliphatic heterocycles. The van der Waals surface area contributed by atoms with E-state index in [2.05, 4.69) is 15.1 Å². The molecule has 0 spiro atoms. The molecule has 148 valence electrons. The monoisotopic (exact) mass is 371 g/mol. The lowest BCUT2D eigenvalue weighted by molar-refractivity contribution is -0.127. The van der Waals surface area contributed by atoms with Crippen LogP contribution in [0.3, 0.4) is 0 Å². The number of ether oxygens (including phenoxy) is 1. The van der Waals surface area contributed by atoms with Crippen molar-refractivity contribution in [3.8, 4) is 5.75 Å². The van der Waals surface area contributed by atoms with Gasteiger partial charge in [-0.25, -0.2) is 0 Å². The number of hydrogen-bond donors (Lipinski definition) is 1. The molecule has 27 heavy (non-hydrogen) atoms. The molecule has 0 unspecified atom stereocenters. The zero-order valence-corrected chi connectivity index (χ0v) is 16.3. The topological polar surface area (TPSA) is 44.8 Å². The molecule has 2 heterocycles. The van der Waals surface area contributed by atoms with Crippen molar-refractivity contribution < 1.29 is 9.53 Å². The summed E-state index contributed by atoms with van der Waals surface area (Å²) in [5, 5.41) is 3.20. The van der Waals surface area contributed by atoms with E-state index in [1.165, 1.54) is 25.7 Å². The average molecular weight is 372 g/mol. The predicted octanol–water partition coefficient (Wildman–Crippen LogP) is 2.52. The number of piperidine rings is 2. The number of hydrogen-bond acceptors (Lipinski definition) is 4. The Hall–Kier alpha value is -1.59. The number of nitrogens with zero attached hydrogens (tertiary/aromatic N) is 2. The zero-order valence-electron chi connectivity index (χ0n) is 16.3. The molecule has 1 saturated carbocycles. The Bertz CT molecular complexity index is 597. The largest absolute Gasteiger partial charge is 0.492 e. The first-order chi connectivity index (χ1) is 13.3. The van der Waals surface area contributed by atoms with Gasteiger partial charge in [-0.05, 0) is 70.3 Å². The minimum absolute atomic E-state index is 0.205. The molecule has 5 heteroatoms. The molecule has 4 rings (SSSR count). The van der Waals surface area contributed by atoms with Crippen molar-refractivity contribution in [1.29, 1.82) is 0 Å². The fourth-order valence-corrected chi connectivity index (χ4v) is 4.42. The van der Waals surface area contributed by atoms with Crippen LogP contribution in [-0.2, 0) is 4.79 Å². The summed E-state index contributed by atoms with van der Waals surface area (Å²) in [5.41, 5.74) is 0. The summed E-state index contributed by atoms with van der Waals surface area (Å²) >= 11 is 0. The summed E-state index contributed by atoms with van der Waals surface area (Å²) in [4.78, 5) is 17.5. The van der Waals surface area contributed by atoms with Crippen molar-refractivity contribution in [1.82, 2.24) is 15.1 Å². The molecule has 0 aromatic heterocycles. The van der Waals surface area contributed by atoms with Gasteiger partial charge in [0.15, 0.2) is 0 Å². The molecule has 0 radical (unpaired) electrons. The van der Waals surface area contributed by atoms with Crippen molar-refractivity contribution >= 4 is 5.91 Å². The third kappa shape index (κ3) is 5.45. The number of benzene rings is 1. The Kier molecular flexibility index (Phi) is 6.30.